The summed E-state index contributed by atoms with van der Waals surface area (Å²) in [5, 5.41) is 3.87. The van der Waals surface area contributed by atoms with Crippen LogP contribution in [0.15, 0.2) is 24.7 Å². The van der Waals surface area contributed by atoms with E-state index in [4.69, 9.17) is 5.73 Å². The highest BCUT2D eigenvalue weighted by Gasteiger charge is 2.30. The Balaban J connectivity index is 2.31. The van der Waals surface area contributed by atoms with E-state index in [9.17, 15) is 13.2 Å². The molecule has 2 N–H and O–H groups in total. The van der Waals surface area contributed by atoms with E-state index in [1.807, 2.05) is 0 Å². The number of alkyl halides is 3. The van der Waals surface area contributed by atoms with Crippen molar-refractivity contribution in [3.8, 4) is 5.82 Å². The normalized spacial score (nSPS) is 11.5. The Labute approximate surface area is 104 Å². The van der Waals surface area contributed by atoms with E-state index in [1.165, 1.54) is 17.1 Å². The van der Waals surface area contributed by atoms with Gasteiger partial charge in [0.15, 0.2) is 5.82 Å². The van der Waals surface area contributed by atoms with Crippen molar-refractivity contribution in [2.45, 2.75) is 6.18 Å². The van der Waals surface area contributed by atoms with Crippen LogP contribution < -0.4 is 5.73 Å². The summed E-state index contributed by atoms with van der Waals surface area (Å²) in [6.45, 7) is 0. The van der Waals surface area contributed by atoms with Gasteiger partial charge in [-0.3, -0.25) is 0 Å². The van der Waals surface area contributed by atoms with Crippen LogP contribution in [-0.2, 0) is 6.18 Å². The SMILES string of the molecule is NC(=S)c1ncn(-c2ccc(C(F)(F)F)cn2)n1. The first-order valence-electron chi connectivity index (χ1n) is 4.63. The first-order valence-corrected chi connectivity index (χ1v) is 5.04. The van der Waals surface area contributed by atoms with E-state index in [0.29, 0.717) is 0 Å². The van der Waals surface area contributed by atoms with Gasteiger partial charge >= 0.3 is 6.18 Å². The first kappa shape index (κ1) is 12.4. The topological polar surface area (TPSA) is 69.6 Å². The van der Waals surface area contributed by atoms with Crippen LogP contribution in [0.3, 0.4) is 0 Å². The van der Waals surface area contributed by atoms with Crippen molar-refractivity contribution < 1.29 is 13.2 Å². The van der Waals surface area contributed by atoms with Crippen LogP contribution in [0.2, 0.25) is 0 Å². The van der Waals surface area contributed by atoms with Crippen LogP contribution in [0.25, 0.3) is 5.82 Å². The molecule has 0 spiro atoms. The van der Waals surface area contributed by atoms with Gasteiger partial charge in [0.05, 0.1) is 5.56 Å². The number of hydrogen-bond acceptors (Lipinski definition) is 4. The third kappa shape index (κ3) is 2.45. The summed E-state index contributed by atoms with van der Waals surface area (Å²) in [5.74, 6) is 0.324. The molecule has 0 aliphatic carbocycles. The zero-order valence-electron chi connectivity index (χ0n) is 8.72. The minimum Gasteiger partial charge on any atom is -0.387 e. The minimum atomic E-state index is -4.42. The highest BCUT2D eigenvalue weighted by molar-refractivity contribution is 7.80. The zero-order valence-corrected chi connectivity index (χ0v) is 9.53. The molecule has 9 heteroatoms. The molecule has 2 aromatic rings. The molecule has 2 rings (SSSR count). The summed E-state index contributed by atoms with van der Waals surface area (Å²) in [4.78, 5) is 7.43. The monoisotopic (exact) mass is 273 g/mol. The van der Waals surface area contributed by atoms with Gasteiger partial charge in [-0.2, -0.15) is 13.2 Å². The Morgan fingerprint density at radius 1 is 1.28 bits per heavy atom. The Hall–Kier alpha value is -2.03. The largest absolute Gasteiger partial charge is 0.417 e. The standard InChI is InChI=1S/C9H6F3N5S/c10-9(11,12)5-1-2-6(14-3-5)17-4-15-8(16-17)7(13)18/h1-4H,(H2,13,18). The Bertz CT molecular complexity index is 575. The second-order valence-electron chi connectivity index (χ2n) is 3.28. The van der Waals surface area contributed by atoms with Gasteiger partial charge in [-0.15, -0.1) is 5.10 Å². The van der Waals surface area contributed by atoms with E-state index in [1.54, 1.807) is 0 Å². The van der Waals surface area contributed by atoms with Crippen LogP contribution in [0.1, 0.15) is 11.4 Å². The third-order valence-electron chi connectivity index (χ3n) is 2.02. The smallest absolute Gasteiger partial charge is 0.387 e. The molecule has 0 aromatic carbocycles. The van der Waals surface area contributed by atoms with Gasteiger partial charge in [0.25, 0.3) is 0 Å². The molecule has 0 saturated carbocycles. The molecule has 2 aromatic heterocycles. The lowest BCUT2D eigenvalue weighted by molar-refractivity contribution is -0.137. The molecule has 0 fully saturated rings. The van der Waals surface area contributed by atoms with E-state index >= 15 is 0 Å². The lowest BCUT2D eigenvalue weighted by atomic mass is 10.3. The van der Waals surface area contributed by atoms with Crippen LogP contribution in [0, 0.1) is 0 Å². The predicted molar refractivity (Wildman–Crippen MR) is 60.0 cm³/mol. The molecule has 0 aliphatic rings. The second kappa shape index (κ2) is 4.33. The van der Waals surface area contributed by atoms with Crippen molar-refractivity contribution in [2.75, 3.05) is 0 Å². The zero-order chi connectivity index (χ0) is 13.3. The quantitative estimate of drug-likeness (QED) is 0.836. The van der Waals surface area contributed by atoms with Crippen molar-refractivity contribution in [3.05, 3.63) is 36.0 Å². The molecular formula is C9H6F3N5S. The van der Waals surface area contributed by atoms with Gasteiger partial charge in [0.2, 0.25) is 5.82 Å². The van der Waals surface area contributed by atoms with E-state index < -0.39 is 11.7 Å². The molecule has 5 nitrogen and oxygen atoms in total. The molecule has 0 amide bonds. The maximum atomic E-state index is 12.3. The number of hydrogen-bond donors (Lipinski definition) is 1. The van der Waals surface area contributed by atoms with Gasteiger partial charge in [-0.25, -0.2) is 14.6 Å². The van der Waals surface area contributed by atoms with Crippen molar-refractivity contribution in [1.82, 2.24) is 19.7 Å². The minimum absolute atomic E-state index is 0.000613. The Morgan fingerprint density at radius 3 is 2.44 bits per heavy atom. The number of nitrogens with zero attached hydrogens (tertiary/aromatic N) is 4. The molecule has 18 heavy (non-hydrogen) atoms. The van der Waals surface area contributed by atoms with Crippen molar-refractivity contribution in [3.63, 3.8) is 0 Å². The number of pyridine rings is 1. The Kier molecular flexibility index (Phi) is 2.99. The van der Waals surface area contributed by atoms with Crippen molar-refractivity contribution in [2.24, 2.45) is 5.73 Å². The number of aromatic nitrogens is 4. The number of nitrogens with two attached hydrogens (primary N) is 1. The average molecular weight is 273 g/mol. The van der Waals surface area contributed by atoms with E-state index in [2.05, 4.69) is 27.3 Å². The van der Waals surface area contributed by atoms with Gasteiger partial charge in [-0.1, -0.05) is 12.2 Å². The first-order chi connectivity index (χ1) is 8.38. The predicted octanol–water partition coefficient (Wildman–Crippen LogP) is 1.32. The summed E-state index contributed by atoms with van der Waals surface area (Å²) in [6.07, 6.45) is -2.43. The lowest BCUT2D eigenvalue weighted by Crippen LogP contribution is -2.12. The fraction of sp³-hybridized carbons (Fsp3) is 0.111. The molecule has 0 radical (unpaired) electrons. The van der Waals surface area contributed by atoms with Crippen molar-refractivity contribution >= 4 is 17.2 Å². The summed E-state index contributed by atoms with van der Waals surface area (Å²) in [6, 6.07) is 2.09. The number of thiocarbonyl (C=S) groups is 1. The summed E-state index contributed by atoms with van der Waals surface area (Å²) >= 11 is 4.67. The Morgan fingerprint density at radius 2 is 2.00 bits per heavy atom. The maximum Gasteiger partial charge on any atom is 0.417 e. The van der Waals surface area contributed by atoms with Gasteiger partial charge in [0.1, 0.15) is 11.3 Å². The van der Waals surface area contributed by atoms with Gasteiger partial charge in [-0.05, 0) is 12.1 Å². The van der Waals surface area contributed by atoms with Crippen LogP contribution in [0.4, 0.5) is 13.2 Å². The molecule has 2 heterocycles. The molecule has 0 unspecified atom stereocenters. The molecule has 0 aliphatic heterocycles. The highest BCUT2D eigenvalue weighted by atomic mass is 32.1. The van der Waals surface area contributed by atoms with E-state index in [0.717, 1.165) is 12.3 Å². The van der Waals surface area contributed by atoms with Crippen LogP contribution in [0.5, 0.6) is 0 Å². The molecular weight excluding hydrogens is 267 g/mol. The summed E-state index contributed by atoms with van der Waals surface area (Å²) in [7, 11) is 0. The van der Waals surface area contributed by atoms with Crippen molar-refractivity contribution in [1.29, 1.82) is 0 Å². The molecule has 94 valence electrons. The summed E-state index contributed by atoms with van der Waals surface area (Å²) in [5.41, 5.74) is 4.48. The summed E-state index contributed by atoms with van der Waals surface area (Å²) < 4.78 is 38.2. The van der Waals surface area contributed by atoms with Gasteiger partial charge in [0, 0.05) is 6.20 Å². The maximum absolute atomic E-state index is 12.3. The third-order valence-corrected chi connectivity index (χ3v) is 2.20. The average Bonchev–Trinajstić information content (AvgIpc) is 2.77. The van der Waals surface area contributed by atoms with Gasteiger partial charge < -0.3 is 5.73 Å². The fourth-order valence-corrected chi connectivity index (χ4v) is 1.27. The number of halogens is 3. The van der Waals surface area contributed by atoms with E-state index in [-0.39, 0.29) is 16.6 Å². The fourth-order valence-electron chi connectivity index (χ4n) is 1.18. The van der Waals surface area contributed by atoms with Crippen LogP contribution in [-0.4, -0.2) is 24.7 Å². The molecule has 0 atom stereocenters. The number of rotatable bonds is 2. The molecule has 0 bridgehead atoms. The highest BCUT2D eigenvalue weighted by Crippen LogP contribution is 2.28. The van der Waals surface area contributed by atoms with Crippen LogP contribution >= 0.6 is 12.2 Å². The molecule has 0 saturated heterocycles. The lowest BCUT2D eigenvalue weighted by Gasteiger charge is -2.06. The second-order valence-corrected chi connectivity index (χ2v) is 3.72.